The number of halogens is 3. The summed E-state index contributed by atoms with van der Waals surface area (Å²) in [4.78, 5) is 36.3. The van der Waals surface area contributed by atoms with Crippen molar-refractivity contribution in [1.29, 1.82) is 0 Å². The number of nitrogens with zero attached hydrogens (tertiary/aromatic N) is 2. The van der Waals surface area contributed by atoms with Gasteiger partial charge in [0, 0.05) is 37.0 Å². The maximum atomic E-state index is 13.0. The Hall–Kier alpha value is -1.97. The number of hydrogen-bond donors (Lipinski definition) is 1. The summed E-state index contributed by atoms with van der Waals surface area (Å²) >= 11 is 1.38. The first-order chi connectivity index (χ1) is 11.2. The van der Waals surface area contributed by atoms with Crippen molar-refractivity contribution in [2.24, 2.45) is 11.8 Å². The lowest BCUT2D eigenvalue weighted by Gasteiger charge is -2.18. The average molecular weight is 362 g/mol. The first-order valence-corrected chi connectivity index (χ1v) is 8.13. The number of alkyl halides is 3. The van der Waals surface area contributed by atoms with Crippen molar-refractivity contribution in [1.82, 2.24) is 9.47 Å². The minimum atomic E-state index is -4.70. The molecule has 2 atom stereocenters. The van der Waals surface area contributed by atoms with Crippen LogP contribution in [0.5, 0.6) is 0 Å². The number of aromatic nitrogens is 1. The standard InChI is InChI=1S/C14H13F3N2O4S/c15-14(16,17)9-6-18(5-8(9)13(22)23)12(21)7-3-10(20)19-1-2-24-11(19)4-7/h3-4,8-9H,1-2,5-6H2,(H,22,23)/t8-,9-/m1/s1. The molecule has 1 saturated heterocycles. The Morgan fingerprint density at radius 2 is 1.96 bits per heavy atom. The molecule has 24 heavy (non-hydrogen) atoms. The van der Waals surface area contributed by atoms with Crippen LogP contribution in [-0.4, -0.2) is 51.5 Å². The highest BCUT2D eigenvalue weighted by molar-refractivity contribution is 7.99. The molecule has 10 heteroatoms. The van der Waals surface area contributed by atoms with Crippen molar-refractivity contribution in [3.8, 4) is 0 Å². The Morgan fingerprint density at radius 1 is 1.25 bits per heavy atom. The van der Waals surface area contributed by atoms with Crippen molar-refractivity contribution in [3.05, 3.63) is 28.0 Å². The van der Waals surface area contributed by atoms with Crippen LogP contribution >= 0.6 is 11.8 Å². The second kappa shape index (κ2) is 5.83. The number of amides is 1. The number of thioether (sulfide) groups is 1. The van der Waals surface area contributed by atoms with Crippen LogP contribution in [0.15, 0.2) is 22.0 Å². The van der Waals surface area contributed by atoms with E-state index in [9.17, 15) is 27.6 Å². The summed E-state index contributed by atoms with van der Waals surface area (Å²) in [6.07, 6.45) is -4.70. The molecule has 6 nitrogen and oxygen atoms in total. The predicted molar refractivity (Wildman–Crippen MR) is 78.0 cm³/mol. The van der Waals surface area contributed by atoms with Crippen LogP contribution in [0.4, 0.5) is 13.2 Å². The number of carbonyl (C=O) groups excluding carboxylic acids is 1. The van der Waals surface area contributed by atoms with Gasteiger partial charge in [0.2, 0.25) is 0 Å². The Morgan fingerprint density at radius 3 is 2.54 bits per heavy atom. The molecule has 0 aromatic carbocycles. The average Bonchev–Trinajstić information content (AvgIpc) is 3.12. The molecule has 1 aromatic rings. The normalized spacial score (nSPS) is 23.4. The molecule has 0 spiro atoms. The molecule has 2 aliphatic rings. The molecule has 0 aliphatic carbocycles. The zero-order valence-corrected chi connectivity index (χ0v) is 13.1. The number of rotatable bonds is 2. The highest BCUT2D eigenvalue weighted by atomic mass is 32.2. The van der Waals surface area contributed by atoms with Gasteiger partial charge in [-0.15, -0.1) is 11.8 Å². The van der Waals surface area contributed by atoms with Gasteiger partial charge < -0.3 is 14.6 Å². The van der Waals surface area contributed by atoms with E-state index in [-0.39, 0.29) is 11.1 Å². The first kappa shape index (κ1) is 16.9. The van der Waals surface area contributed by atoms with Crippen molar-refractivity contribution in [2.75, 3.05) is 18.8 Å². The lowest BCUT2D eigenvalue weighted by molar-refractivity contribution is -0.187. The molecule has 3 rings (SSSR count). The maximum absolute atomic E-state index is 13.0. The van der Waals surface area contributed by atoms with Crippen LogP contribution in [0.2, 0.25) is 0 Å². The number of carboxylic acid groups (broad SMARTS) is 1. The van der Waals surface area contributed by atoms with E-state index >= 15 is 0 Å². The third kappa shape index (κ3) is 2.90. The van der Waals surface area contributed by atoms with Gasteiger partial charge in [0.15, 0.2) is 0 Å². The molecular formula is C14H13F3N2O4S. The van der Waals surface area contributed by atoms with Crippen LogP contribution in [0.25, 0.3) is 0 Å². The van der Waals surface area contributed by atoms with E-state index in [4.69, 9.17) is 5.11 Å². The highest BCUT2D eigenvalue weighted by Crippen LogP contribution is 2.38. The lowest BCUT2D eigenvalue weighted by Crippen LogP contribution is -2.34. The molecule has 1 aromatic heterocycles. The topological polar surface area (TPSA) is 79.6 Å². The lowest BCUT2D eigenvalue weighted by atomic mass is 9.96. The van der Waals surface area contributed by atoms with E-state index < -0.39 is 43.0 Å². The van der Waals surface area contributed by atoms with E-state index in [1.54, 1.807) is 0 Å². The molecule has 0 saturated carbocycles. The van der Waals surface area contributed by atoms with Crippen LogP contribution in [0.3, 0.4) is 0 Å². The number of fused-ring (bicyclic) bond motifs is 1. The summed E-state index contributed by atoms with van der Waals surface area (Å²) in [7, 11) is 0. The monoisotopic (exact) mass is 362 g/mol. The summed E-state index contributed by atoms with van der Waals surface area (Å²) in [6.45, 7) is -0.719. The van der Waals surface area contributed by atoms with Gasteiger partial charge in [-0.3, -0.25) is 14.4 Å². The van der Waals surface area contributed by atoms with Crippen LogP contribution < -0.4 is 5.56 Å². The predicted octanol–water partition coefficient (Wildman–Crippen LogP) is 1.29. The molecule has 130 valence electrons. The fourth-order valence-electron chi connectivity index (χ4n) is 3.01. The van der Waals surface area contributed by atoms with Gasteiger partial charge in [-0.25, -0.2) is 0 Å². The zero-order valence-electron chi connectivity index (χ0n) is 12.2. The quantitative estimate of drug-likeness (QED) is 0.858. The van der Waals surface area contributed by atoms with Crippen molar-refractivity contribution in [3.63, 3.8) is 0 Å². The first-order valence-electron chi connectivity index (χ1n) is 7.15. The van der Waals surface area contributed by atoms with Crippen LogP contribution in [-0.2, 0) is 11.3 Å². The molecule has 1 N–H and O–H groups in total. The van der Waals surface area contributed by atoms with Gasteiger partial charge in [0.05, 0.1) is 16.9 Å². The van der Waals surface area contributed by atoms with E-state index in [0.29, 0.717) is 17.3 Å². The SMILES string of the molecule is O=C(O)[C@@H]1CN(C(=O)c2cc3n(c(=O)c2)CCS3)C[C@H]1C(F)(F)F. The van der Waals surface area contributed by atoms with Gasteiger partial charge in [0.1, 0.15) is 0 Å². The number of hydrogen-bond acceptors (Lipinski definition) is 4. The molecule has 0 unspecified atom stereocenters. The summed E-state index contributed by atoms with van der Waals surface area (Å²) < 4.78 is 40.5. The van der Waals surface area contributed by atoms with Gasteiger partial charge in [-0.1, -0.05) is 0 Å². The van der Waals surface area contributed by atoms with E-state index in [1.807, 2.05) is 0 Å². The van der Waals surface area contributed by atoms with E-state index in [1.165, 1.54) is 22.4 Å². The van der Waals surface area contributed by atoms with Crippen molar-refractivity contribution >= 4 is 23.6 Å². The molecule has 0 bridgehead atoms. The van der Waals surface area contributed by atoms with Crippen LogP contribution in [0, 0.1) is 11.8 Å². The Balaban J connectivity index is 1.87. The molecule has 1 amide bonds. The summed E-state index contributed by atoms with van der Waals surface area (Å²) in [5.74, 6) is -5.45. The fraction of sp³-hybridized carbons (Fsp3) is 0.500. The van der Waals surface area contributed by atoms with Crippen molar-refractivity contribution in [2.45, 2.75) is 17.7 Å². The molecule has 3 heterocycles. The van der Waals surface area contributed by atoms with Gasteiger partial charge in [-0.2, -0.15) is 13.2 Å². The second-order valence-corrected chi connectivity index (χ2v) is 6.84. The van der Waals surface area contributed by atoms with Gasteiger partial charge >= 0.3 is 12.1 Å². The molecule has 0 radical (unpaired) electrons. The minimum absolute atomic E-state index is 0.00684. The van der Waals surface area contributed by atoms with Gasteiger partial charge in [-0.05, 0) is 6.07 Å². The Kier molecular flexibility index (Phi) is 4.10. The molecular weight excluding hydrogens is 349 g/mol. The Labute approximate surface area is 138 Å². The maximum Gasteiger partial charge on any atom is 0.394 e. The number of likely N-dealkylation sites (tertiary alicyclic amines) is 1. The van der Waals surface area contributed by atoms with Gasteiger partial charge in [0.25, 0.3) is 11.5 Å². The Bertz CT molecular complexity index is 761. The molecule has 2 aliphatic heterocycles. The summed E-state index contributed by atoms with van der Waals surface area (Å²) in [5.41, 5.74) is -0.394. The third-order valence-corrected chi connectivity index (χ3v) is 5.27. The number of pyridine rings is 1. The largest absolute Gasteiger partial charge is 0.481 e. The number of aliphatic carboxylic acids is 1. The fourth-order valence-corrected chi connectivity index (χ4v) is 4.04. The number of carbonyl (C=O) groups is 2. The third-order valence-electron chi connectivity index (χ3n) is 4.25. The minimum Gasteiger partial charge on any atom is -0.481 e. The zero-order chi connectivity index (χ0) is 17.6. The van der Waals surface area contributed by atoms with E-state index in [2.05, 4.69) is 0 Å². The molecule has 1 fully saturated rings. The van der Waals surface area contributed by atoms with Crippen molar-refractivity contribution < 1.29 is 27.9 Å². The summed E-state index contributed by atoms with van der Waals surface area (Å²) in [6, 6.07) is 2.56. The second-order valence-electron chi connectivity index (χ2n) is 5.72. The van der Waals surface area contributed by atoms with Crippen LogP contribution in [0.1, 0.15) is 10.4 Å². The van der Waals surface area contributed by atoms with E-state index in [0.717, 1.165) is 11.0 Å². The smallest absolute Gasteiger partial charge is 0.394 e. The summed E-state index contributed by atoms with van der Waals surface area (Å²) in [5, 5.41) is 9.58. The number of carboxylic acids is 1. The highest BCUT2D eigenvalue weighted by Gasteiger charge is 2.53.